The summed E-state index contributed by atoms with van der Waals surface area (Å²) in [5.74, 6) is 0. The Kier molecular flexibility index (Phi) is 4.32. The number of nitrogens with zero attached hydrogens (tertiary/aromatic N) is 2. The van der Waals surface area contributed by atoms with Crippen LogP contribution in [0.25, 0.3) is 33.6 Å². The lowest BCUT2D eigenvalue weighted by atomic mass is 9.99. The molecule has 126 valence electrons. The first-order valence-electron chi connectivity index (χ1n) is 8.76. The van der Waals surface area contributed by atoms with Gasteiger partial charge in [-0.05, 0) is 42.7 Å². The van der Waals surface area contributed by atoms with Crippen molar-refractivity contribution in [2.75, 3.05) is 0 Å². The van der Waals surface area contributed by atoms with Gasteiger partial charge in [-0.3, -0.25) is 9.97 Å². The third-order valence-corrected chi connectivity index (χ3v) is 4.60. The third kappa shape index (κ3) is 3.27. The van der Waals surface area contributed by atoms with Gasteiger partial charge in [0.25, 0.3) is 0 Å². The van der Waals surface area contributed by atoms with Crippen LogP contribution in [0.2, 0.25) is 0 Å². The molecule has 0 aliphatic rings. The van der Waals surface area contributed by atoms with Gasteiger partial charge in [0.15, 0.2) is 0 Å². The molecular weight excluding hydrogens is 316 g/mol. The van der Waals surface area contributed by atoms with Crippen molar-refractivity contribution >= 4 is 0 Å². The van der Waals surface area contributed by atoms with Crippen LogP contribution in [0.1, 0.15) is 11.1 Å². The van der Waals surface area contributed by atoms with Gasteiger partial charge in [0.2, 0.25) is 0 Å². The molecule has 0 atom stereocenters. The van der Waals surface area contributed by atoms with E-state index >= 15 is 0 Å². The van der Waals surface area contributed by atoms with Gasteiger partial charge in [0.1, 0.15) is 0 Å². The van der Waals surface area contributed by atoms with Crippen molar-refractivity contribution in [3.63, 3.8) is 0 Å². The molecule has 4 aromatic rings. The molecule has 2 heteroatoms. The molecule has 26 heavy (non-hydrogen) atoms. The minimum atomic E-state index is 0.886. The van der Waals surface area contributed by atoms with Crippen LogP contribution in [0.15, 0.2) is 85.2 Å². The number of aromatic nitrogens is 2. The second-order valence-electron chi connectivity index (χ2n) is 6.55. The van der Waals surface area contributed by atoms with Crippen LogP contribution in [0.3, 0.4) is 0 Å². The second kappa shape index (κ2) is 6.93. The summed E-state index contributed by atoms with van der Waals surface area (Å²) in [5.41, 5.74) is 8.94. The molecule has 0 radical (unpaired) electrons. The van der Waals surface area contributed by atoms with E-state index in [4.69, 9.17) is 0 Å². The highest BCUT2D eigenvalue weighted by atomic mass is 14.8. The molecule has 0 aliphatic carbocycles. The summed E-state index contributed by atoms with van der Waals surface area (Å²) < 4.78 is 0. The Morgan fingerprint density at radius 3 is 1.85 bits per heavy atom. The molecule has 0 fully saturated rings. The number of hydrogen-bond donors (Lipinski definition) is 0. The fourth-order valence-corrected chi connectivity index (χ4v) is 3.10. The largest absolute Gasteiger partial charge is 0.254 e. The minimum absolute atomic E-state index is 0.886. The molecule has 0 saturated carbocycles. The standard InChI is InChI=1S/C24H20N2/c1-17-8-9-18(2)22(14-17)21-11-13-24(26-16-21)23-12-10-20(15-25-23)19-6-4-3-5-7-19/h3-16H,1-2H3. The maximum atomic E-state index is 4.64. The lowest BCUT2D eigenvalue weighted by molar-refractivity contribution is 1.24. The Labute approximate surface area is 154 Å². The predicted octanol–water partition coefficient (Wildman–Crippen LogP) is 6.09. The van der Waals surface area contributed by atoms with E-state index < -0.39 is 0 Å². The fraction of sp³-hybridized carbons (Fsp3) is 0.0833. The zero-order valence-electron chi connectivity index (χ0n) is 15.0. The molecule has 0 bridgehead atoms. The number of benzene rings is 2. The average molecular weight is 336 g/mol. The molecular formula is C24H20N2. The highest BCUT2D eigenvalue weighted by Gasteiger charge is 2.06. The van der Waals surface area contributed by atoms with Gasteiger partial charge in [0, 0.05) is 23.5 Å². The van der Waals surface area contributed by atoms with E-state index in [2.05, 4.69) is 66.3 Å². The van der Waals surface area contributed by atoms with Crippen molar-refractivity contribution in [1.82, 2.24) is 9.97 Å². The minimum Gasteiger partial charge on any atom is -0.254 e. The van der Waals surface area contributed by atoms with E-state index in [-0.39, 0.29) is 0 Å². The quantitative estimate of drug-likeness (QED) is 0.452. The normalized spacial score (nSPS) is 10.7. The van der Waals surface area contributed by atoms with Crippen LogP contribution in [0, 0.1) is 13.8 Å². The van der Waals surface area contributed by atoms with E-state index in [1.807, 2.05) is 42.7 Å². The van der Waals surface area contributed by atoms with Gasteiger partial charge in [-0.25, -0.2) is 0 Å². The molecule has 0 aliphatic heterocycles. The summed E-state index contributed by atoms with van der Waals surface area (Å²) in [6, 6.07) is 25.1. The molecule has 2 aromatic heterocycles. The second-order valence-corrected chi connectivity index (χ2v) is 6.55. The van der Waals surface area contributed by atoms with Crippen molar-refractivity contribution in [2.24, 2.45) is 0 Å². The average Bonchev–Trinajstić information content (AvgIpc) is 2.71. The Morgan fingerprint density at radius 2 is 1.23 bits per heavy atom. The van der Waals surface area contributed by atoms with Gasteiger partial charge in [-0.1, -0.05) is 66.2 Å². The van der Waals surface area contributed by atoms with Crippen molar-refractivity contribution in [1.29, 1.82) is 0 Å². The van der Waals surface area contributed by atoms with Crippen molar-refractivity contribution < 1.29 is 0 Å². The van der Waals surface area contributed by atoms with Gasteiger partial charge < -0.3 is 0 Å². The van der Waals surface area contributed by atoms with Crippen LogP contribution in [-0.2, 0) is 0 Å². The molecule has 0 spiro atoms. The summed E-state index contributed by atoms with van der Waals surface area (Å²) >= 11 is 0. The van der Waals surface area contributed by atoms with Gasteiger partial charge in [0.05, 0.1) is 11.4 Å². The van der Waals surface area contributed by atoms with E-state index in [1.165, 1.54) is 22.3 Å². The Hall–Kier alpha value is -3.26. The SMILES string of the molecule is Cc1ccc(C)c(-c2ccc(-c3ccc(-c4ccccc4)cn3)nc2)c1. The summed E-state index contributed by atoms with van der Waals surface area (Å²) in [4.78, 5) is 9.23. The van der Waals surface area contributed by atoms with Gasteiger partial charge >= 0.3 is 0 Å². The molecule has 2 heterocycles. The molecule has 0 N–H and O–H groups in total. The predicted molar refractivity (Wildman–Crippen MR) is 108 cm³/mol. The molecule has 2 nitrogen and oxygen atoms in total. The summed E-state index contributed by atoms with van der Waals surface area (Å²) in [6.07, 6.45) is 3.84. The maximum Gasteiger partial charge on any atom is 0.0886 e. The first kappa shape index (κ1) is 16.2. The molecule has 2 aromatic carbocycles. The summed E-state index contributed by atoms with van der Waals surface area (Å²) in [6.45, 7) is 4.25. The van der Waals surface area contributed by atoms with Crippen molar-refractivity contribution in [3.05, 3.63) is 96.3 Å². The summed E-state index contributed by atoms with van der Waals surface area (Å²) in [7, 11) is 0. The van der Waals surface area contributed by atoms with Crippen molar-refractivity contribution in [2.45, 2.75) is 13.8 Å². The maximum absolute atomic E-state index is 4.64. The molecule has 0 unspecified atom stereocenters. The van der Waals surface area contributed by atoms with Crippen LogP contribution in [0.4, 0.5) is 0 Å². The number of pyridine rings is 2. The smallest absolute Gasteiger partial charge is 0.0886 e. The zero-order chi connectivity index (χ0) is 17.9. The monoisotopic (exact) mass is 336 g/mol. The van der Waals surface area contributed by atoms with Crippen molar-refractivity contribution in [3.8, 4) is 33.6 Å². The Balaban J connectivity index is 1.62. The van der Waals surface area contributed by atoms with E-state index in [0.29, 0.717) is 0 Å². The van der Waals surface area contributed by atoms with Crippen LogP contribution >= 0.6 is 0 Å². The first-order valence-corrected chi connectivity index (χ1v) is 8.76. The van der Waals surface area contributed by atoms with E-state index in [0.717, 1.165) is 22.5 Å². The molecule has 0 amide bonds. The number of hydrogen-bond acceptors (Lipinski definition) is 2. The number of aryl methyl sites for hydroxylation is 2. The lowest BCUT2D eigenvalue weighted by Crippen LogP contribution is -1.90. The van der Waals surface area contributed by atoms with E-state index in [9.17, 15) is 0 Å². The van der Waals surface area contributed by atoms with Crippen LogP contribution in [-0.4, -0.2) is 9.97 Å². The third-order valence-electron chi connectivity index (χ3n) is 4.60. The highest BCUT2D eigenvalue weighted by molar-refractivity contribution is 5.70. The highest BCUT2D eigenvalue weighted by Crippen LogP contribution is 2.26. The Morgan fingerprint density at radius 1 is 0.577 bits per heavy atom. The number of rotatable bonds is 3. The van der Waals surface area contributed by atoms with Crippen LogP contribution in [0.5, 0.6) is 0 Å². The zero-order valence-corrected chi connectivity index (χ0v) is 15.0. The van der Waals surface area contributed by atoms with Gasteiger partial charge in [-0.2, -0.15) is 0 Å². The van der Waals surface area contributed by atoms with Crippen LogP contribution < -0.4 is 0 Å². The first-order chi connectivity index (χ1) is 12.7. The topological polar surface area (TPSA) is 25.8 Å². The fourth-order valence-electron chi connectivity index (χ4n) is 3.10. The van der Waals surface area contributed by atoms with E-state index in [1.54, 1.807) is 0 Å². The van der Waals surface area contributed by atoms with Gasteiger partial charge in [-0.15, -0.1) is 0 Å². The molecule has 0 saturated heterocycles. The lowest BCUT2D eigenvalue weighted by Gasteiger charge is -2.08. The summed E-state index contributed by atoms with van der Waals surface area (Å²) in [5, 5.41) is 0. The molecule has 4 rings (SSSR count). The Bertz CT molecular complexity index is 1020.